The molecule has 0 fully saturated rings. The van der Waals surface area contributed by atoms with Gasteiger partial charge in [-0.25, -0.2) is 4.39 Å². The highest BCUT2D eigenvalue weighted by atomic mass is 127. The van der Waals surface area contributed by atoms with E-state index in [1.807, 2.05) is 29.2 Å². The van der Waals surface area contributed by atoms with Crippen molar-refractivity contribution in [1.82, 2.24) is 0 Å². The van der Waals surface area contributed by atoms with Crippen LogP contribution in [0.3, 0.4) is 0 Å². The lowest BCUT2D eigenvalue weighted by Crippen LogP contribution is -2.19. The van der Waals surface area contributed by atoms with E-state index in [2.05, 4.69) is 46.3 Å². The van der Waals surface area contributed by atoms with Crippen molar-refractivity contribution in [3.05, 3.63) is 44.6 Å². The monoisotopic (exact) mass is 405 g/mol. The quantitative estimate of drug-likeness (QED) is 0.660. The van der Waals surface area contributed by atoms with Crippen LogP contribution in [-0.2, 0) is 0 Å². The number of hydrogen-bond acceptors (Lipinski definition) is 3. The molecule has 0 amide bonds. The Morgan fingerprint density at radius 3 is 3.00 bits per heavy atom. The van der Waals surface area contributed by atoms with Crippen LogP contribution in [0.2, 0.25) is 0 Å². The van der Waals surface area contributed by atoms with Crippen molar-refractivity contribution in [2.75, 3.05) is 5.32 Å². The molecule has 1 nitrogen and oxygen atoms in total. The van der Waals surface area contributed by atoms with E-state index >= 15 is 0 Å². The standard InChI is InChI=1S/C14H13FINS2/c1-8-6-13(10-4-5-18-14(10)19-8)17-12-3-2-9(15)7-11(12)16/h2-5,7-8,13,17H,6H2,1H3/t8-,13?/m0/s1. The van der Waals surface area contributed by atoms with Gasteiger partial charge in [0.05, 0.1) is 10.3 Å². The lowest BCUT2D eigenvalue weighted by atomic mass is 10.0. The summed E-state index contributed by atoms with van der Waals surface area (Å²) in [7, 11) is 0. The summed E-state index contributed by atoms with van der Waals surface area (Å²) in [6.45, 7) is 2.26. The molecular weight excluding hydrogens is 392 g/mol. The van der Waals surface area contributed by atoms with Crippen molar-refractivity contribution < 1.29 is 4.39 Å². The molecule has 100 valence electrons. The molecule has 1 aliphatic heterocycles. The number of halogens is 2. The molecule has 2 atom stereocenters. The Morgan fingerprint density at radius 2 is 2.21 bits per heavy atom. The summed E-state index contributed by atoms with van der Waals surface area (Å²) in [4.78, 5) is 0. The van der Waals surface area contributed by atoms with Crippen LogP contribution in [0, 0.1) is 9.39 Å². The highest BCUT2D eigenvalue weighted by Gasteiger charge is 2.26. The van der Waals surface area contributed by atoms with Crippen molar-refractivity contribution in [1.29, 1.82) is 0 Å². The fraction of sp³-hybridized carbons (Fsp3) is 0.286. The Kier molecular flexibility index (Phi) is 4.05. The molecule has 19 heavy (non-hydrogen) atoms. The van der Waals surface area contributed by atoms with Crippen molar-refractivity contribution in [2.24, 2.45) is 0 Å². The third-order valence-corrected chi connectivity index (χ3v) is 6.41. The van der Waals surface area contributed by atoms with E-state index in [0.29, 0.717) is 11.3 Å². The molecule has 2 aromatic rings. The normalized spacial score (nSPS) is 22.1. The minimum Gasteiger partial charge on any atom is -0.377 e. The molecule has 0 saturated carbocycles. The topological polar surface area (TPSA) is 12.0 Å². The second-order valence-corrected chi connectivity index (χ2v) is 8.43. The summed E-state index contributed by atoms with van der Waals surface area (Å²) in [5, 5.41) is 6.33. The second-order valence-electron chi connectivity index (χ2n) is 4.65. The first-order valence-electron chi connectivity index (χ1n) is 6.09. The number of thiophene rings is 1. The lowest BCUT2D eigenvalue weighted by molar-refractivity contribution is 0.626. The smallest absolute Gasteiger partial charge is 0.124 e. The summed E-state index contributed by atoms with van der Waals surface area (Å²) < 4.78 is 15.5. The van der Waals surface area contributed by atoms with Gasteiger partial charge in [0.25, 0.3) is 0 Å². The first-order chi connectivity index (χ1) is 9.13. The van der Waals surface area contributed by atoms with E-state index < -0.39 is 0 Å². The Bertz CT molecular complexity index is 599. The Hall–Kier alpha value is -0.270. The molecule has 1 aliphatic rings. The van der Waals surface area contributed by atoms with Gasteiger partial charge in [0.1, 0.15) is 5.82 Å². The molecule has 1 unspecified atom stereocenters. The molecule has 3 rings (SSSR count). The summed E-state index contributed by atoms with van der Waals surface area (Å²) in [5.41, 5.74) is 2.40. The highest BCUT2D eigenvalue weighted by Crippen LogP contribution is 2.45. The number of nitrogens with one attached hydrogen (secondary N) is 1. The van der Waals surface area contributed by atoms with Crippen molar-refractivity contribution in [3.8, 4) is 0 Å². The van der Waals surface area contributed by atoms with Crippen LogP contribution in [0.5, 0.6) is 0 Å². The highest BCUT2D eigenvalue weighted by molar-refractivity contribution is 14.1. The summed E-state index contributed by atoms with van der Waals surface area (Å²) in [5.74, 6) is -0.182. The molecule has 0 aliphatic carbocycles. The van der Waals surface area contributed by atoms with E-state index in [1.54, 1.807) is 6.07 Å². The molecule has 1 N–H and O–H groups in total. The third kappa shape index (κ3) is 2.92. The molecule has 0 spiro atoms. The number of hydrogen-bond donors (Lipinski definition) is 1. The van der Waals surface area contributed by atoms with Gasteiger partial charge in [0, 0.05) is 14.5 Å². The van der Waals surface area contributed by atoms with Gasteiger partial charge >= 0.3 is 0 Å². The fourth-order valence-electron chi connectivity index (χ4n) is 2.28. The molecule has 2 heterocycles. The van der Waals surface area contributed by atoms with E-state index in [-0.39, 0.29) is 5.82 Å². The maximum Gasteiger partial charge on any atom is 0.124 e. The fourth-order valence-corrected chi connectivity index (χ4v) is 5.48. The van der Waals surface area contributed by atoms with Gasteiger partial charge in [-0.2, -0.15) is 0 Å². The first-order valence-corrected chi connectivity index (χ1v) is 8.93. The number of anilines is 1. The molecule has 1 aromatic heterocycles. The van der Waals surface area contributed by atoms with Gasteiger partial charge in [-0.05, 0) is 64.2 Å². The van der Waals surface area contributed by atoms with Gasteiger partial charge < -0.3 is 5.32 Å². The number of benzene rings is 1. The van der Waals surface area contributed by atoms with Crippen LogP contribution in [0.15, 0.2) is 33.9 Å². The molecular formula is C14H13FINS2. The number of rotatable bonds is 2. The third-order valence-electron chi connectivity index (χ3n) is 3.17. The Balaban J connectivity index is 1.88. The predicted octanol–water partition coefficient (Wildman–Crippen LogP) is 5.53. The summed E-state index contributed by atoms with van der Waals surface area (Å²) >= 11 is 5.95. The lowest BCUT2D eigenvalue weighted by Gasteiger charge is -2.28. The zero-order chi connectivity index (χ0) is 13.4. The van der Waals surface area contributed by atoms with Crippen molar-refractivity contribution in [3.63, 3.8) is 0 Å². The van der Waals surface area contributed by atoms with Crippen LogP contribution in [-0.4, -0.2) is 5.25 Å². The Morgan fingerprint density at radius 1 is 1.37 bits per heavy atom. The SMILES string of the molecule is C[C@H]1CC(Nc2ccc(F)cc2I)c2ccsc2S1. The average Bonchev–Trinajstić information content (AvgIpc) is 2.80. The zero-order valence-corrected chi connectivity index (χ0v) is 14.1. The average molecular weight is 405 g/mol. The van der Waals surface area contributed by atoms with E-state index in [4.69, 9.17) is 0 Å². The summed E-state index contributed by atoms with van der Waals surface area (Å²) in [6.07, 6.45) is 1.10. The van der Waals surface area contributed by atoms with Crippen LogP contribution in [0.1, 0.15) is 24.9 Å². The number of thioether (sulfide) groups is 1. The minimum absolute atomic E-state index is 0.182. The maximum absolute atomic E-state index is 13.1. The van der Waals surface area contributed by atoms with Crippen molar-refractivity contribution >= 4 is 51.4 Å². The summed E-state index contributed by atoms with van der Waals surface area (Å²) in [6, 6.07) is 7.44. The predicted molar refractivity (Wildman–Crippen MR) is 89.7 cm³/mol. The van der Waals surface area contributed by atoms with Crippen LogP contribution < -0.4 is 5.32 Å². The van der Waals surface area contributed by atoms with Gasteiger partial charge in [-0.15, -0.1) is 23.1 Å². The molecule has 1 aromatic carbocycles. The second kappa shape index (κ2) is 5.61. The molecule has 5 heteroatoms. The van der Waals surface area contributed by atoms with Crippen LogP contribution in [0.25, 0.3) is 0 Å². The molecule has 0 saturated heterocycles. The largest absolute Gasteiger partial charge is 0.377 e. The van der Waals surface area contributed by atoms with Gasteiger partial charge in [0.15, 0.2) is 0 Å². The van der Waals surface area contributed by atoms with Gasteiger partial charge in [0.2, 0.25) is 0 Å². The van der Waals surface area contributed by atoms with Gasteiger partial charge in [-0.3, -0.25) is 0 Å². The molecule has 0 radical (unpaired) electrons. The first kappa shape index (κ1) is 13.7. The Labute approximate surface area is 134 Å². The maximum atomic E-state index is 13.1. The number of fused-ring (bicyclic) bond motifs is 1. The zero-order valence-electron chi connectivity index (χ0n) is 10.3. The van der Waals surface area contributed by atoms with Crippen LogP contribution >= 0.6 is 45.7 Å². The van der Waals surface area contributed by atoms with E-state index in [1.165, 1.54) is 15.8 Å². The van der Waals surface area contributed by atoms with Crippen molar-refractivity contribution in [2.45, 2.75) is 28.8 Å². The van der Waals surface area contributed by atoms with Gasteiger partial charge in [-0.1, -0.05) is 6.92 Å². The molecule has 0 bridgehead atoms. The van der Waals surface area contributed by atoms with E-state index in [0.717, 1.165) is 15.7 Å². The van der Waals surface area contributed by atoms with E-state index in [9.17, 15) is 4.39 Å². The minimum atomic E-state index is -0.182. The van der Waals surface area contributed by atoms with Crippen LogP contribution in [0.4, 0.5) is 10.1 Å².